The number of phenolic OH excluding ortho intramolecular Hbond substituents is 1. The molecule has 0 aromatic heterocycles. The van der Waals surface area contributed by atoms with Crippen LogP contribution < -0.4 is 4.74 Å². The fourth-order valence-corrected chi connectivity index (χ4v) is 5.85. The highest BCUT2D eigenvalue weighted by Gasteiger charge is 2.48. The van der Waals surface area contributed by atoms with Gasteiger partial charge in [0.05, 0.1) is 0 Å². The normalized spacial score (nSPS) is 25.6. The minimum Gasteiger partial charge on any atom is -0.508 e. The van der Waals surface area contributed by atoms with E-state index in [-0.39, 0.29) is 22.9 Å². The Bertz CT molecular complexity index is 725. The monoisotopic (exact) mass is 464 g/mol. The largest absolute Gasteiger partial charge is 0.508 e. The molecule has 1 aromatic rings. The molecule has 0 amide bonds. The van der Waals surface area contributed by atoms with E-state index in [1.807, 2.05) is 6.07 Å². The average Bonchev–Trinajstić information content (AvgIpc) is 2.66. The Kier molecular flexibility index (Phi) is 7.03. The molecule has 0 radical (unpaired) electrons. The quantitative estimate of drug-likeness (QED) is 0.259. The second-order valence-electron chi connectivity index (χ2n) is 10.3. The lowest BCUT2D eigenvalue weighted by atomic mass is 9.64. The molecule has 1 N–H and O–H groups in total. The Hall–Kier alpha value is -1.03. The van der Waals surface area contributed by atoms with Crippen molar-refractivity contribution in [2.75, 3.05) is 5.33 Å². The maximum atomic E-state index is 11.4. The van der Waals surface area contributed by atoms with Crippen molar-refractivity contribution < 1.29 is 14.6 Å². The molecule has 3 atom stereocenters. The zero-order valence-electron chi connectivity index (χ0n) is 18.5. The minimum atomic E-state index is -0.281. The second-order valence-corrected chi connectivity index (χ2v) is 11.1. The number of phenols is 1. The predicted molar refractivity (Wildman–Crippen MR) is 122 cm³/mol. The summed E-state index contributed by atoms with van der Waals surface area (Å²) in [6.45, 7) is 8.85. The van der Waals surface area contributed by atoms with Crippen LogP contribution in [-0.4, -0.2) is 22.3 Å². The first-order valence-electron chi connectivity index (χ1n) is 11.3. The molecule has 4 heteroatoms. The van der Waals surface area contributed by atoms with Crippen molar-refractivity contribution in [3.63, 3.8) is 0 Å². The molecule has 2 unspecified atom stereocenters. The Morgan fingerprint density at radius 2 is 1.93 bits per heavy atom. The number of aromatic hydroxyl groups is 1. The second kappa shape index (κ2) is 8.99. The van der Waals surface area contributed by atoms with Crippen LogP contribution in [0.25, 0.3) is 0 Å². The van der Waals surface area contributed by atoms with Crippen LogP contribution in [0.15, 0.2) is 12.1 Å². The first-order chi connectivity index (χ1) is 13.7. The minimum absolute atomic E-state index is 0.0108. The third-order valence-electron chi connectivity index (χ3n) is 7.31. The van der Waals surface area contributed by atoms with Crippen molar-refractivity contribution in [2.24, 2.45) is 11.8 Å². The summed E-state index contributed by atoms with van der Waals surface area (Å²) >= 11 is 3.50. The van der Waals surface area contributed by atoms with E-state index >= 15 is 0 Å². The molecule has 1 aromatic carbocycles. The summed E-state index contributed by atoms with van der Waals surface area (Å²) in [5.41, 5.74) is 1.78. The smallest absolute Gasteiger partial charge is 0.127 e. The summed E-state index contributed by atoms with van der Waals surface area (Å²) in [5, 5.41) is 12.1. The number of halogens is 1. The number of rotatable bonds is 8. The highest BCUT2D eigenvalue weighted by Crippen LogP contribution is 2.55. The number of aldehydes is 1. The number of carbonyl (C=O) groups is 1. The number of hydrogen-bond donors (Lipinski definition) is 1. The lowest BCUT2D eigenvalue weighted by Crippen LogP contribution is -2.47. The molecular formula is C25H37BrO3. The summed E-state index contributed by atoms with van der Waals surface area (Å²) in [4.78, 5) is 11.4. The molecule has 1 heterocycles. The summed E-state index contributed by atoms with van der Waals surface area (Å²) in [6, 6.07) is 4.12. The average molecular weight is 465 g/mol. The van der Waals surface area contributed by atoms with Gasteiger partial charge in [-0.15, -0.1) is 0 Å². The Labute approximate surface area is 184 Å². The highest BCUT2D eigenvalue weighted by atomic mass is 79.9. The van der Waals surface area contributed by atoms with Gasteiger partial charge < -0.3 is 14.6 Å². The third-order valence-corrected chi connectivity index (χ3v) is 7.87. The van der Waals surface area contributed by atoms with Gasteiger partial charge in [-0.05, 0) is 75.0 Å². The molecular weight excluding hydrogens is 428 g/mol. The molecule has 1 aliphatic heterocycles. The maximum Gasteiger partial charge on any atom is 0.127 e. The fraction of sp³-hybridized carbons (Fsp3) is 0.720. The number of hydrogen-bond acceptors (Lipinski definition) is 3. The van der Waals surface area contributed by atoms with E-state index in [9.17, 15) is 9.90 Å². The number of fused-ring (bicyclic) bond motifs is 3. The van der Waals surface area contributed by atoms with Gasteiger partial charge in [-0.25, -0.2) is 0 Å². The van der Waals surface area contributed by atoms with Crippen molar-refractivity contribution >= 4 is 22.2 Å². The summed E-state index contributed by atoms with van der Waals surface area (Å²) in [5.74, 6) is 1.80. The van der Waals surface area contributed by atoms with Crippen molar-refractivity contribution in [3.05, 3.63) is 23.3 Å². The lowest BCUT2D eigenvalue weighted by molar-refractivity contribution is -0.113. The van der Waals surface area contributed by atoms with Crippen molar-refractivity contribution in [2.45, 2.75) is 96.0 Å². The van der Waals surface area contributed by atoms with Gasteiger partial charge in [0.2, 0.25) is 0 Å². The van der Waals surface area contributed by atoms with Gasteiger partial charge >= 0.3 is 0 Å². The zero-order valence-corrected chi connectivity index (χ0v) is 20.1. The number of carbonyl (C=O) groups excluding carboxylic acids is 1. The number of benzene rings is 1. The number of ether oxygens (including phenoxy) is 1. The first kappa shape index (κ1) is 22.7. The van der Waals surface area contributed by atoms with Crippen LogP contribution in [0.3, 0.4) is 0 Å². The predicted octanol–water partition coefficient (Wildman–Crippen LogP) is 6.89. The van der Waals surface area contributed by atoms with E-state index in [0.717, 1.165) is 54.2 Å². The molecule has 162 valence electrons. The molecule has 0 spiro atoms. The van der Waals surface area contributed by atoms with E-state index in [1.54, 1.807) is 0 Å². The van der Waals surface area contributed by atoms with Crippen LogP contribution in [0.5, 0.6) is 11.5 Å². The first-order valence-corrected chi connectivity index (χ1v) is 12.4. The molecule has 2 aliphatic rings. The Morgan fingerprint density at radius 3 is 2.62 bits per heavy atom. The van der Waals surface area contributed by atoms with Crippen molar-refractivity contribution in [1.82, 2.24) is 0 Å². The Morgan fingerprint density at radius 1 is 1.21 bits per heavy atom. The van der Waals surface area contributed by atoms with E-state index in [2.05, 4.69) is 49.7 Å². The highest BCUT2D eigenvalue weighted by molar-refractivity contribution is 9.09. The Balaban J connectivity index is 1.86. The topological polar surface area (TPSA) is 46.5 Å². The molecule has 3 rings (SSSR count). The molecule has 0 saturated heterocycles. The van der Waals surface area contributed by atoms with E-state index in [4.69, 9.17) is 4.74 Å². The van der Waals surface area contributed by atoms with Crippen LogP contribution >= 0.6 is 15.9 Å². The van der Waals surface area contributed by atoms with Gasteiger partial charge in [-0.1, -0.05) is 49.0 Å². The molecule has 1 fully saturated rings. The van der Waals surface area contributed by atoms with Gasteiger partial charge in [-0.2, -0.15) is 0 Å². The summed E-state index contributed by atoms with van der Waals surface area (Å²) < 4.78 is 6.48. The van der Waals surface area contributed by atoms with Crippen LogP contribution in [-0.2, 0) is 10.2 Å². The van der Waals surface area contributed by atoms with Crippen LogP contribution in [0.2, 0.25) is 0 Å². The van der Waals surface area contributed by atoms with Crippen LogP contribution in [0, 0.1) is 11.8 Å². The molecule has 3 nitrogen and oxygen atoms in total. The number of unbranched alkanes of at least 4 members (excludes halogenated alkanes) is 3. The molecule has 1 saturated carbocycles. The summed E-state index contributed by atoms with van der Waals surface area (Å²) in [6.07, 6.45) is 9.83. The van der Waals surface area contributed by atoms with Gasteiger partial charge in [0.15, 0.2) is 0 Å². The number of alkyl halides is 1. The van der Waals surface area contributed by atoms with Gasteiger partial charge in [-0.3, -0.25) is 0 Å². The van der Waals surface area contributed by atoms with Gasteiger partial charge in [0.1, 0.15) is 23.4 Å². The maximum absolute atomic E-state index is 11.4. The van der Waals surface area contributed by atoms with Crippen LogP contribution in [0.1, 0.15) is 96.1 Å². The van der Waals surface area contributed by atoms with Crippen molar-refractivity contribution in [3.8, 4) is 11.5 Å². The van der Waals surface area contributed by atoms with Gasteiger partial charge in [0.25, 0.3) is 0 Å². The SMILES string of the molecule is CC(C)(CCCCCCBr)c1cc(O)c2c(c1)OC(C)(C)C1CCC(C=O)C[C@@H]21. The van der Waals surface area contributed by atoms with E-state index in [1.165, 1.54) is 25.7 Å². The summed E-state index contributed by atoms with van der Waals surface area (Å²) in [7, 11) is 0. The molecule has 0 bridgehead atoms. The van der Waals surface area contributed by atoms with Crippen LogP contribution in [0.4, 0.5) is 0 Å². The lowest BCUT2D eigenvalue weighted by Gasteiger charge is -2.48. The van der Waals surface area contributed by atoms with E-state index in [0.29, 0.717) is 11.7 Å². The van der Waals surface area contributed by atoms with E-state index < -0.39 is 0 Å². The van der Waals surface area contributed by atoms with Crippen molar-refractivity contribution in [1.29, 1.82) is 0 Å². The third kappa shape index (κ3) is 4.84. The van der Waals surface area contributed by atoms with Gasteiger partial charge in [0, 0.05) is 22.7 Å². The standard InChI is InChI=1S/C25H37BrO3/c1-24(2,11-7-5-6-8-12-26)18-14-21(28)23-19-13-17(16-27)9-10-20(19)25(3,4)29-22(23)15-18/h14-17,19-20,28H,5-13H2,1-4H3/t17?,19-,20?/m1/s1. The fourth-order valence-electron chi connectivity index (χ4n) is 5.46. The molecule has 1 aliphatic carbocycles. The molecule has 29 heavy (non-hydrogen) atoms. The zero-order chi connectivity index (χ0) is 21.2.